The molecule has 1 atom stereocenters. The third-order valence-electron chi connectivity index (χ3n) is 4.49. The number of rotatable bonds is 10. The Hall–Kier alpha value is -0.270. The molecule has 1 unspecified atom stereocenters. The molecule has 5 nitrogen and oxygen atoms in total. The van der Waals surface area contributed by atoms with E-state index in [-0.39, 0.29) is 29.9 Å². The Balaban J connectivity index is 0.00000420. The van der Waals surface area contributed by atoms with E-state index in [1.807, 2.05) is 18.5 Å². The van der Waals surface area contributed by atoms with Crippen molar-refractivity contribution in [2.75, 3.05) is 51.6 Å². The minimum Gasteiger partial charge on any atom is -0.357 e. The van der Waals surface area contributed by atoms with Crippen molar-refractivity contribution in [1.29, 1.82) is 0 Å². The molecule has 0 amide bonds. The normalized spacial score (nSPS) is 17.7. The lowest BCUT2D eigenvalue weighted by Gasteiger charge is -2.26. The first-order chi connectivity index (χ1) is 13.4. The van der Waals surface area contributed by atoms with Crippen molar-refractivity contribution in [3.05, 3.63) is 11.6 Å². The van der Waals surface area contributed by atoms with Gasteiger partial charge < -0.3 is 10.2 Å². The zero-order valence-corrected chi connectivity index (χ0v) is 20.9. The van der Waals surface area contributed by atoms with E-state index in [0.717, 1.165) is 55.1 Å². The smallest absolute Gasteiger partial charge is 0.357 e. The molecule has 1 aromatic heterocycles. The van der Waals surface area contributed by atoms with Crippen molar-refractivity contribution in [3.8, 4) is 0 Å². The molecule has 0 spiro atoms. The monoisotopic (exact) mass is 565 g/mol. The molecule has 0 bridgehead atoms. The Morgan fingerprint density at radius 1 is 1.45 bits per heavy atom. The number of thiazole rings is 1. The molecule has 2 rings (SSSR count). The molecular weight excluding hydrogens is 534 g/mol. The third kappa shape index (κ3) is 10.5. The van der Waals surface area contributed by atoms with Crippen molar-refractivity contribution < 1.29 is 13.2 Å². The van der Waals surface area contributed by atoms with E-state index in [1.165, 1.54) is 4.90 Å². The van der Waals surface area contributed by atoms with Gasteiger partial charge in [0.05, 0.1) is 6.54 Å². The highest BCUT2D eigenvalue weighted by molar-refractivity contribution is 14.0. The fourth-order valence-corrected chi connectivity index (χ4v) is 4.85. The molecule has 1 N–H and O–H groups in total. The molecule has 1 aliphatic rings. The second kappa shape index (κ2) is 13.9. The zero-order valence-electron chi connectivity index (χ0n) is 17.0. The highest BCUT2D eigenvalue weighted by atomic mass is 127. The van der Waals surface area contributed by atoms with Gasteiger partial charge in [0.2, 0.25) is 0 Å². The van der Waals surface area contributed by atoms with Crippen LogP contribution in [-0.4, -0.2) is 78.5 Å². The number of nitrogens with one attached hydrogen (secondary N) is 1. The minimum absolute atomic E-state index is 0. The first-order valence-corrected chi connectivity index (χ1v) is 11.6. The number of aliphatic imine (C=N–C) groups is 1. The van der Waals surface area contributed by atoms with Crippen LogP contribution in [0.5, 0.6) is 0 Å². The number of alkyl halides is 3. The highest BCUT2D eigenvalue weighted by Gasteiger charge is 2.32. The number of thioether (sulfide) groups is 1. The van der Waals surface area contributed by atoms with Crippen LogP contribution >= 0.6 is 47.1 Å². The summed E-state index contributed by atoms with van der Waals surface area (Å²) in [6, 6.07) is 0. The highest BCUT2D eigenvalue weighted by Crippen LogP contribution is 2.22. The van der Waals surface area contributed by atoms with Gasteiger partial charge in [-0.1, -0.05) is 18.7 Å². The molecule has 29 heavy (non-hydrogen) atoms. The molecule has 11 heteroatoms. The molecule has 1 aliphatic heterocycles. The van der Waals surface area contributed by atoms with Crippen LogP contribution in [0.2, 0.25) is 0 Å². The molecule has 1 saturated heterocycles. The largest absolute Gasteiger partial charge is 0.401 e. The topological polar surface area (TPSA) is 43.8 Å². The van der Waals surface area contributed by atoms with Crippen LogP contribution in [0.3, 0.4) is 0 Å². The Labute approximate surface area is 196 Å². The van der Waals surface area contributed by atoms with Gasteiger partial charge in [0.1, 0.15) is 4.34 Å². The second-order valence-corrected chi connectivity index (χ2v) is 9.02. The Morgan fingerprint density at radius 3 is 2.86 bits per heavy atom. The summed E-state index contributed by atoms with van der Waals surface area (Å²) < 4.78 is 39.1. The van der Waals surface area contributed by atoms with Gasteiger partial charge in [-0.3, -0.25) is 9.89 Å². The minimum atomic E-state index is -4.14. The van der Waals surface area contributed by atoms with Crippen molar-refractivity contribution in [3.63, 3.8) is 0 Å². The van der Waals surface area contributed by atoms with Gasteiger partial charge in [0.15, 0.2) is 5.96 Å². The van der Waals surface area contributed by atoms with E-state index in [2.05, 4.69) is 15.2 Å². The maximum atomic E-state index is 12.7. The molecule has 0 aromatic carbocycles. The van der Waals surface area contributed by atoms with Crippen molar-refractivity contribution in [2.24, 2.45) is 10.9 Å². The van der Waals surface area contributed by atoms with E-state index in [1.54, 1.807) is 30.0 Å². The number of aromatic nitrogens is 1. The lowest BCUT2D eigenvalue weighted by molar-refractivity contribution is -0.146. The number of halogens is 4. The van der Waals surface area contributed by atoms with Crippen LogP contribution in [0.1, 0.15) is 26.7 Å². The lowest BCUT2D eigenvalue weighted by Crippen LogP contribution is -2.42. The standard InChI is InChI=1S/C18H30F3N5S2.HI/c1-3-22-16(23-7-5-10-27-17-24-8-11-28-17)26-9-6-15(13-26)12-25(4-2)14-18(19,20)21;/h8,11,15H,3-7,9-10,12-14H2,1-2H3,(H,22,23);1H. The molecule has 1 fully saturated rings. The number of hydrogen-bond acceptors (Lipinski definition) is 5. The summed E-state index contributed by atoms with van der Waals surface area (Å²) in [6.45, 7) is 7.00. The van der Waals surface area contributed by atoms with Crippen LogP contribution in [0, 0.1) is 5.92 Å². The van der Waals surface area contributed by atoms with Crippen molar-refractivity contribution in [2.45, 2.75) is 37.2 Å². The molecule has 2 heterocycles. The van der Waals surface area contributed by atoms with Gasteiger partial charge in [-0.25, -0.2) is 4.98 Å². The van der Waals surface area contributed by atoms with Crippen LogP contribution < -0.4 is 5.32 Å². The van der Waals surface area contributed by atoms with E-state index < -0.39 is 12.7 Å². The summed E-state index contributed by atoms with van der Waals surface area (Å²) in [5.41, 5.74) is 0. The molecule has 0 radical (unpaired) electrons. The first kappa shape index (κ1) is 26.8. The number of hydrogen-bond donors (Lipinski definition) is 1. The molecule has 1 aromatic rings. The van der Waals surface area contributed by atoms with Gasteiger partial charge in [-0.05, 0) is 32.2 Å². The lowest BCUT2D eigenvalue weighted by atomic mass is 10.1. The quantitative estimate of drug-likeness (QED) is 0.150. The SMILES string of the molecule is CCNC(=NCCCSc1nccs1)N1CCC(CN(CC)CC(F)(F)F)C1.I. The van der Waals surface area contributed by atoms with E-state index in [0.29, 0.717) is 13.1 Å². The molecule has 0 aliphatic carbocycles. The average Bonchev–Trinajstić information content (AvgIpc) is 3.30. The van der Waals surface area contributed by atoms with E-state index >= 15 is 0 Å². The number of guanidine groups is 1. The van der Waals surface area contributed by atoms with Crippen molar-refractivity contribution >= 4 is 53.0 Å². The summed E-state index contributed by atoms with van der Waals surface area (Å²) in [5.74, 6) is 2.09. The Morgan fingerprint density at radius 2 is 2.24 bits per heavy atom. The average molecular weight is 566 g/mol. The van der Waals surface area contributed by atoms with Gasteiger partial charge in [0.25, 0.3) is 0 Å². The predicted molar refractivity (Wildman–Crippen MR) is 127 cm³/mol. The fourth-order valence-electron chi connectivity index (χ4n) is 3.21. The van der Waals surface area contributed by atoms with E-state index in [4.69, 9.17) is 4.99 Å². The number of likely N-dealkylation sites (tertiary alicyclic amines) is 1. The summed E-state index contributed by atoms with van der Waals surface area (Å²) in [4.78, 5) is 12.6. The number of nitrogens with zero attached hydrogens (tertiary/aromatic N) is 4. The van der Waals surface area contributed by atoms with Crippen molar-refractivity contribution in [1.82, 2.24) is 20.1 Å². The maximum absolute atomic E-state index is 12.7. The van der Waals surface area contributed by atoms with Gasteiger partial charge in [-0.2, -0.15) is 13.2 Å². The summed E-state index contributed by atoms with van der Waals surface area (Å²) in [5, 5.41) is 5.29. The molecule has 168 valence electrons. The Kier molecular flexibility index (Phi) is 12.8. The van der Waals surface area contributed by atoms with Crippen LogP contribution in [0.4, 0.5) is 13.2 Å². The van der Waals surface area contributed by atoms with Crippen LogP contribution in [0.15, 0.2) is 20.9 Å². The Bertz CT molecular complexity index is 587. The summed E-state index contributed by atoms with van der Waals surface area (Å²) in [6.07, 6.45) is -0.460. The first-order valence-electron chi connectivity index (χ1n) is 9.76. The maximum Gasteiger partial charge on any atom is 0.401 e. The predicted octanol–water partition coefficient (Wildman–Crippen LogP) is 4.41. The summed E-state index contributed by atoms with van der Waals surface area (Å²) in [7, 11) is 0. The van der Waals surface area contributed by atoms with Gasteiger partial charge in [-0.15, -0.1) is 35.3 Å². The zero-order chi connectivity index (χ0) is 20.4. The third-order valence-corrected chi connectivity index (χ3v) is 6.54. The van der Waals surface area contributed by atoms with Gasteiger partial charge in [0, 0.05) is 50.1 Å². The summed E-state index contributed by atoms with van der Waals surface area (Å²) >= 11 is 3.39. The van der Waals surface area contributed by atoms with Crippen LogP contribution in [-0.2, 0) is 0 Å². The molecule has 0 saturated carbocycles. The fraction of sp³-hybridized carbons (Fsp3) is 0.778. The molecular formula is C18H31F3IN5S2. The van der Waals surface area contributed by atoms with Crippen LogP contribution in [0.25, 0.3) is 0 Å². The van der Waals surface area contributed by atoms with E-state index in [9.17, 15) is 13.2 Å². The second-order valence-electron chi connectivity index (χ2n) is 6.78. The van der Waals surface area contributed by atoms with Gasteiger partial charge >= 0.3 is 6.18 Å².